The fraction of sp³-hybridized carbons (Fsp3) is 0.600. The molecule has 0 unspecified atom stereocenters. The Kier molecular flexibility index (Phi) is 4.31. The van der Waals surface area contributed by atoms with Gasteiger partial charge in [0.15, 0.2) is 11.6 Å². The molecule has 0 aliphatic carbocycles. The maximum absolute atomic E-state index is 13.6. The lowest BCUT2D eigenvalue weighted by Crippen LogP contribution is -2.64. The molecular formula is C15H19F2NO4. The number of nitrogens with zero attached hydrogens (tertiary/aromatic N) is 1. The van der Waals surface area contributed by atoms with E-state index in [0.717, 1.165) is 6.07 Å². The maximum atomic E-state index is 13.6. The summed E-state index contributed by atoms with van der Waals surface area (Å²) in [5.41, 5.74) is -1.52. The summed E-state index contributed by atoms with van der Waals surface area (Å²) in [7, 11) is 0. The number of aliphatic hydroxyl groups excluding tert-OH is 1. The van der Waals surface area contributed by atoms with Gasteiger partial charge >= 0.3 is 0 Å². The Hall–Kier alpha value is -1.28. The molecule has 2 N–H and O–H groups in total. The lowest BCUT2D eigenvalue weighted by Gasteiger charge is -2.47. The smallest absolute Gasteiger partial charge is 0.200 e. The first kappa shape index (κ1) is 15.6. The first-order chi connectivity index (χ1) is 10.5. The minimum Gasteiger partial charge on any atom is -0.487 e. The normalized spacial score (nSPS) is 30.1. The number of hydrogen-bond acceptors (Lipinski definition) is 5. The average Bonchev–Trinajstić information content (AvgIpc) is 2.43. The molecule has 7 heteroatoms. The quantitative estimate of drug-likeness (QED) is 0.849. The first-order valence-electron chi connectivity index (χ1n) is 7.29. The van der Waals surface area contributed by atoms with Crippen molar-refractivity contribution in [2.75, 3.05) is 32.9 Å². The Balaban J connectivity index is 1.67. The molecule has 5 nitrogen and oxygen atoms in total. The van der Waals surface area contributed by atoms with Crippen LogP contribution >= 0.6 is 0 Å². The molecule has 3 rings (SSSR count). The van der Waals surface area contributed by atoms with E-state index in [1.54, 1.807) is 0 Å². The molecule has 22 heavy (non-hydrogen) atoms. The second kappa shape index (κ2) is 6.08. The molecule has 1 aromatic rings. The molecule has 0 bridgehead atoms. The summed E-state index contributed by atoms with van der Waals surface area (Å²) < 4.78 is 37.1. The summed E-state index contributed by atoms with van der Waals surface area (Å²) in [6.45, 7) is 1.76. The number of benzene rings is 1. The fourth-order valence-electron chi connectivity index (χ4n) is 2.78. The van der Waals surface area contributed by atoms with E-state index in [-0.39, 0.29) is 24.9 Å². The molecule has 0 saturated carbocycles. The molecule has 2 aliphatic heterocycles. The molecule has 2 aliphatic rings. The Morgan fingerprint density at radius 1 is 1.36 bits per heavy atom. The zero-order chi connectivity index (χ0) is 15.7. The molecule has 0 radical (unpaired) electrons. The lowest BCUT2D eigenvalue weighted by atomic mass is 9.89. The van der Waals surface area contributed by atoms with Crippen LogP contribution in [0.1, 0.15) is 6.42 Å². The predicted molar refractivity (Wildman–Crippen MR) is 73.6 cm³/mol. The summed E-state index contributed by atoms with van der Waals surface area (Å²) in [4.78, 5) is 2.03. The van der Waals surface area contributed by atoms with Crippen molar-refractivity contribution in [1.82, 2.24) is 4.90 Å². The van der Waals surface area contributed by atoms with Crippen LogP contribution in [0.3, 0.4) is 0 Å². The van der Waals surface area contributed by atoms with Gasteiger partial charge in [-0.2, -0.15) is 4.39 Å². The number of likely N-dealkylation sites (tertiary alicyclic amines) is 1. The molecule has 122 valence electrons. The molecule has 2 fully saturated rings. The van der Waals surface area contributed by atoms with Gasteiger partial charge in [0.05, 0.1) is 25.4 Å². The van der Waals surface area contributed by atoms with Crippen LogP contribution in [0.4, 0.5) is 8.78 Å². The van der Waals surface area contributed by atoms with E-state index >= 15 is 0 Å². The van der Waals surface area contributed by atoms with E-state index < -0.39 is 23.3 Å². The van der Waals surface area contributed by atoms with Crippen molar-refractivity contribution in [2.45, 2.75) is 24.2 Å². The first-order valence-corrected chi connectivity index (χ1v) is 7.29. The van der Waals surface area contributed by atoms with Gasteiger partial charge in [-0.15, -0.1) is 0 Å². The van der Waals surface area contributed by atoms with Crippen molar-refractivity contribution in [1.29, 1.82) is 0 Å². The van der Waals surface area contributed by atoms with Crippen LogP contribution in [0.25, 0.3) is 0 Å². The summed E-state index contributed by atoms with van der Waals surface area (Å²) in [5, 5.41) is 20.7. The van der Waals surface area contributed by atoms with E-state index in [9.17, 15) is 19.0 Å². The predicted octanol–water partition coefficient (Wildman–Crippen LogP) is 0.540. The topological polar surface area (TPSA) is 62.2 Å². The van der Waals surface area contributed by atoms with Crippen molar-refractivity contribution < 1.29 is 28.5 Å². The number of piperidine rings is 1. The van der Waals surface area contributed by atoms with Crippen LogP contribution in [0, 0.1) is 11.6 Å². The number of hydrogen-bond donors (Lipinski definition) is 2. The fourth-order valence-corrected chi connectivity index (χ4v) is 2.78. The molecule has 2 atom stereocenters. The SMILES string of the molecule is O[C@H]1CCN(C2COC2)C[C@]1(O)COc1cccc(F)c1F. The maximum Gasteiger partial charge on any atom is 0.200 e. The van der Waals surface area contributed by atoms with Crippen LogP contribution in [0.5, 0.6) is 5.75 Å². The zero-order valence-electron chi connectivity index (χ0n) is 12.0. The number of halogens is 2. The largest absolute Gasteiger partial charge is 0.487 e. The van der Waals surface area contributed by atoms with E-state index in [1.165, 1.54) is 12.1 Å². The molecule has 0 amide bonds. The summed E-state index contributed by atoms with van der Waals surface area (Å²) in [5.74, 6) is -2.38. The Labute approximate surface area is 127 Å². The number of ether oxygens (including phenoxy) is 2. The minimum atomic E-state index is -1.52. The molecule has 0 aromatic heterocycles. The van der Waals surface area contributed by atoms with E-state index in [0.29, 0.717) is 26.2 Å². The van der Waals surface area contributed by atoms with Crippen LogP contribution in [-0.2, 0) is 4.74 Å². The van der Waals surface area contributed by atoms with Gasteiger partial charge in [0.25, 0.3) is 0 Å². The molecule has 2 heterocycles. The van der Waals surface area contributed by atoms with Crippen LogP contribution < -0.4 is 4.74 Å². The van der Waals surface area contributed by atoms with Crippen molar-refractivity contribution in [2.24, 2.45) is 0 Å². The standard InChI is InChI=1S/C15H19F2NO4/c16-11-2-1-3-12(14(11)17)22-9-15(20)8-18(5-4-13(15)19)10-6-21-7-10/h1-3,10,13,19-20H,4-9H2/t13-,15-/m0/s1. The van der Waals surface area contributed by atoms with Gasteiger partial charge in [-0.3, -0.25) is 4.90 Å². The molecule has 0 spiro atoms. The van der Waals surface area contributed by atoms with Crippen LogP contribution in [0.2, 0.25) is 0 Å². The van der Waals surface area contributed by atoms with Gasteiger partial charge in [0.1, 0.15) is 12.2 Å². The summed E-state index contributed by atoms with van der Waals surface area (Å²) in [6.07, 6.45) is -0.580. The van der Waals surface area contributed by atoms with Gasteiger partial charge in [-0.25, -0.2) is 4.39 Å². The van der Waals surface area contributed by atoms with Crippen LogP contribution in [-0.4, -0.2) is 65.8 Å². The Morgan fingerprint density at radius 2 is 2.14 bits per heavy atom. The number of aliphatic hydroxyl groups is 2. The van der Waals surface area contributed by atoms with E-state index in [1.807, 2.05) is 4.90 Å². The summed E-state index contributed by atoms with van der Waals surface area (Å²) >= 11 is 0. The van der Waals surface area contributed by atoms with Crippen molar-refractivity contribution in [3.05, 3.63) is 29.8 Å². The summed E-state index contributed by atoms with van der Waals surface area (Å²) in [6, 6.07) is 3.83. The highest BCUT2D eigenvalue weighted by molar-refractivity contribution is 5.25. The van der Waals surface area contributed by atoms with E-state index in [2.05, 4.69) is 0 Å². The minimum absolute atomic E-state index is 0.207. The third-order valence-electron chi connectivity index (χ3n) is 4.32. The monoisotopic (exact) mass is 315 g/mol. The molecule has 1 aromatic carbocycles. The average molecular weight is 315 g/mol. The number of rotatable bonds is 4. The second-order valence-corrected chi connectivity index (χ2v) is 5.91. The highest BCUT2D eigenvalue weighted by atomic mass is 19.2. The van der Waals surface area contributed by atoms with Gasteiger partial charge in [0.2, 0.25) is 5.82 Å². The van der Waals surface area contributed by atoms with Gasteiger partial charge < -0.3 is 19.7 Å². The van der Waals surface area contributed by atoms with Crippen molar-refractivity contribution >= 4 is 0 Å². The third-order valence-corrected chi connectivity index (χ3v) is 4.32. The zero-order valence-corrected chi connectivity index (χ0v) is 12.0. The van der Waals surface area contributed by atoms with Crippen LogP contribution in [0.15, 0.2) is 18.2 Å². The van der Waals surface area contributed by atoms with Gasteiger partial charge in [-0.1, -0.05) is 6.07 Å². The van der Waals surface area contributed by atoms with E-state index in [4.69, 9.17) is 9.47 Å². The highest BCUT2D eigenvalue weighted by Crippen LogP contribution is 2.27. The molecular weight excluding hydrogens is 296 g/mol. The third kappa shape index (κ3) is 2.94. The van der Waals surface area contributed by atoms with Crippen molar-refractivity contribution in [3.8, 4) is 5.75 Å². The highest BCUT2D eigenvalue weighted by Gasteiger charge is 2.44. The second-order valence-electron chi connectivity index (χ2n) is 5.91. The lowest BCUT2D eigenvalue weighted by molar-refractivity contribution is -0.168. The number of β-amino-alcohol motifs (C(OH)–C–C–N with tert-alkyl or cyclic N) is 1. The Bertz CT molecular complexity index is 540. The van der Waals surface area contributed by atoms with Gasteiger partial charge in [0, 0.05) is 13.1 Å². The Morgan fingerprint density at radius 3 is 2.82 bits per heavy atom. The van der Waals surface area contributed by atoms with Crippen molar-refractivity contribution in [3.63, 3.8) is 0 Å². The van der Waals surface area contributed by atoms with Gasteiger partial charge in [-0.05, 0) is 18.6 Å². The molecule has 2 saturated heterocycles.